The third-order valence-electron chi connectivity index (χ3n) is 6.07. The molecule has 0 radical (unpaired) electrons. The van der Waals surface area contributed by atoms with Gasteiger partial charge >= 0.3 is 0 Å². The van der Waals surface area contributed by atoms with Gasteiger partial charge < -0.3 is 20.3 Å². The predicted molar refractivity (Wildman–Crippen MR) is 135 cm³/mol. The molecule has 0 spiro atoms. The minimum Gasteiger partial charge on any atom is -0.454 e. The van der Waals surface area contributed by atoms with E-state index in [1.165, 1.54) is 16.9 Å². The molecule has 1 aromatic carbocycles. The summed E-state index contributed by atoms with van der Waals surface area (Å²) in [5.41, 5.74) is -0.500. The summed E-state index contributed by atoms with van der Waals surface area (Å²) >= 11 is 12.2. The van der Waals surface area contributed by atoms with E-state index >= 15 is 0 Å². The first-order valence-electron chi connectivity index (χ1n) is 11.7. The van der Waals surface area contributed by atoms with Crippen LogP contribution in [0.4, 0.5) is 5.82 Å². The number of nitrogens with zero attached hydrogens (tertiary/aromatic N) is 4. The second kappa shape index (κ2) is 11.9. The molecule has 192 valence electrons. The molecule has 2 heterocycles. The first-order chi connectivity index (χ1) is 17.3. The van der Waals surface area contributed by atoms with E-state index in [-0.39, 0.29) is 28.9 Å². The maximum atomic E-state index is 13.3. The molecular formula is C24H27Cl2N5O5. The van der Waals surface area contributed by atoms with E-state index in [1.54, 1.807) is 30.5 Å². The fourth-order valence-electron chi connectivity index (χ4n) is 4.27. The Balaban J connectivity index is 1.54. The molecule has 1 aliphatic rings. The van der Waals surface area contributed by atoms with Gasteiger partial charge in [-0.15, -0.1) is 0 Å². The van der Waals surface area contributed by atoms with Crippen LogP contribution in [-0.4, -0.2) is 48.4 Å². The van der Waals surface area contributed by atoms with Crippen molar-refractivity contribution in [2.75, 3.05) is 11.9 Å². The Kier molecular flexibility index (Phi) is 8.63. The van der Waals surface area contributed by atoms with Crippen LogP contribution in [0.3, 0.4) is 0 Å². The fourth-order valence-corrected chi connectivity index (χ4v) is 4.60. The average Bonchev–Trinajstić information content (AvgIpc) is 3.53. The molecule has 4 rings (SSSR count). The van der Waals surface area contributed by atoms with Crippen LogP contribution in [-0.2, 0) is 11.3 Å². The molecule has 1 aliphatic carbocycles. The van der Waals surface area contributed by atoms with Gasteiger partial charge in [0.1, 0.15) is 16.8 Å². The number of nitrogens with one attached hydrogen (secondary N) is 1. The lowest BCUT2D eigenvalue weighted by atomic mass is 9.98. The lowest BCUT2D eigenvalue weighted by Gasteiger charge is -2.21. The van der Waals surface area contributed by atoms with Gasteiger partial charge in [0.15, 0.2) is 11.6 Å². The Morgan fingerprint density at radius 3 is 2.75 bits per heavy atom. The highest BCUT2D eigenvalue weighted by molar-refractivity contribution is 6.42. The molecule has 3 N–H and O–H groups in total. The van der Waals surface area contributed by atoms with Crippen molar-refractivity contribution in [1.29, 1.82) is 0 Å². The lowest BCUT2D eigenvalue weighted by Crippen LogP contribution is -2.36. The van der Waals surface area contributed by atoms with Crippen molar-refractivity contribution in [2.24, 2.45) is 5.92 Å². The van der Waals surface area contributed by atoms with Crippen LogP contribution in [0.5, 0.6) is 11.5 Å². The van der Waals surface area contributed by atoms with Crippen molar-refractivity contribution in [3.05, 3.63) is 63.1 Å². The average molecular weight is 536 g/mol. The number of amides is 1. The number of halogens is 2. The number of rotatable bonds is 10. The summed E-state index contributed by atoms with van der Waals surface area (Å²) in [5.74, 6) is 0.598. The Hall–Kier alpha value is -2.92. The summed E-state index contributed by atoms with van der Waals surface area (Å²) in [7, 11) is 0. The van der Waals surface area contributed by atoms with Gasteiger partial charge in [-0.25, -0.2) is 4.68 Å². The van der Waals surface area contributed by atoms with E-state index in [1.807, 2.05) is 0 Å². The molecule has 10 nitrogen and oxygen atoms in total. The highest BCUT2D eigenvalue weighted by atomic mass is 35.5. The summed E-state index contributed by atoms with van der Waals surface area (Å²) in [6, 6.07) is 6.90. The Morgan fingerprint density at radius 1 is 1.25 bits per heavy atom. The molecule has 0 saturated heterocycles. The minimum atomic E-state index is -0.964. The second-order valence-electron chi connectivity index (χ2n) is 8.78. The minimum absolute atomic E-state index is 0.0803. The summed E-state index contributed by atoms with van der Waals surface area (Å²) in [4.78, 5) is 26.3. The van der Waals surface area contributed by atoms with Crippen molar-refractivity contribution in [1.82, 2.24) is 19.6 Å². The van der Waals surface area contributed by atoms with Crippen molar-refractivity contribution in [3.63, 3.8) is 0 Å². The zero-order valence-corrected chi connectivity index (χ0v) is 20.9. The predicted octanol–water partition coefficient (Wildman–Crippen LogP) is 3.65. The molecule has 0 aliphatic heterocycles. The van der Waals surface area contributed by atoms with Gasteiger partial charge in [0, 0.05) is 18.3 Å². The first kappa shape index (κ1) is 26.2. The molecule has 2 atom stereocenters. The number of aliphatic hydroxyl groups is 2. The van der Waals surface area contributed by atoms with Crippen LogP contribution < -0.4 is 15.6 Å². The number of carbonyl (C=O) groups excluding carboxylic acids is 1. The van der Waals surface area contributed by atoms with Crippen LogP contribution in [0.2, 0.25) is 10.0 Å². The number of aliphatic hydroxyl groups excluding tert-OH is 2. The van der Waals surface area contributed by atoms with Gasteiger partial charge in [-0.2, -0.15) is 10.2 Å². The number of aromatic nitrogens is 4. The fraction of sp³-hybridized carbons (Fsp3) is 0.417. The van der Waals surface area contributed by atoms with E-state index in [9.17, 15) is 14.7 Å². The van der Waals surface area contributed by atoms with Crippen LogP contribution >= 0.6 is 23.2 Å². The SMILES string of the molecule is O=C(Nc1ccn(C[C@@H](O)CO)n1)C(CC1CCCC1)n1ncc(Oc2cccc(Cl)c2Cl)cc1=O. The number of hydrogen-bond donors (Lipinski definition) is 3. The topological polar surface area (TPSA) is 132 Å². The molecule has 36 heavy (non-hydrogen) atoms. The first-order valence-corrected chi connectivity index (χ1v) is 12.4. The monoisotopic (exact) mass is 535 g/mol. The highest BCUT2D eigenvalue weighted by Gasteiger charge is 2.29. The van der Waals surface area contributed by atoms with Gasteiger partial charge in [0.2, 0.25) is 0 Å². The van der Waals surface area contributed by atoms with E-state index in [0.717, 1.165) is 30.4 Å². The smallest absolute Gasteiger partial charge is 0.271 e. The molecular weight excluding hydrogens is 509 g/mol. The molecule has 1 fully saturated rings. The van der Waals surface area contributed by atoms with Crippen molar-refractivity contribution >= 4 is 34.9 Å². The number of benzene rings is 1. The van der Waals surface area contributed by atoms with Crippen LogP contribution in [0.25, 0.3) is 0 Å². The Labute approximate surface area is 217 Å². The molecule has 1 unspecified atom stereocenters. The third-order valence-corrected chi connectivity index (χ3v) is 6.88. The number of hydrogen-bond acceptors (Lipinski definition) is 7. The van der Waals surface area contributed by atoms with Gasteiger partial charge in [0.25, 0.3) is 11.5 Å². The van der Waals surface area contributed by atoms with Crippen molar-refractivity contribution in [3.8, 4) is 11.5 Å². The van der Waals surface area contributed by atoms with Crippen LogP contribution in [0, 0.1) is 5.92 Å². The summed E-state index contributed by atoms with van der Waals surface area (Å²) in [5, 5.41) is 30.3. The van der Waals surface area contributed by atoms with Crippen LogP contribution in [0.15, 0.2) is 47.5 Å². The lowest BCUT2D eigenvalue weighted by molar-refractivity contribution is -0.120. The maximum Gasteiger partial charge on any atom is 0.271 e. The zero-order valence-electron chi connectivity index (χ0n) is 19.4. The molecule has 0 bridgehead atoms. The Bertz CT molecular complexity index is 1260. The molecule has 12 heteroatoms. The largest absolute Gasteiger partial charge is 0.454 e. The summed E-state index contributed by atoms with van der Waals surface area (Å²) < 4.78 is 8.27. The molecule has 1 saturated carbocycles. The van der Waals surface area contributed by atoms with Gasteiger partial charge in [0.05, 0.1) is 30.5 Å². The summed E-state index contributed by atoms with van der Waals surface area (Å²) in [6.45, 7) is -0.320. The normalized spacial score (nSPS) is 15.6. The number of ether oxygens (including phenoxy) is 1. The van der Waals surface area contributed by atoms with E-state index < -0.39 is 30.2 Å². The third kappa shape index (κ3) is 6.44. The standard InChI is InChI=1S/C24H27Cl2N5O5/c25-18-6-3-7-20(23(18)26)36-17-11-22(34)31(27-12-17)19(10-15-4-1-2-5-15)24(35)28-21-8-9-30(29-21)13-16(33)14-32/h3,6-9,11-12,15-16,19,32-33H,1-2,4-5,10,13-14H2,(H,28,29,35)/t16-,19?/m1/s1. The van der Waals surface area contributed by atoms with E-state index in [0.29, 0.717) is 17.4 Å². The van der Waals surface area contributed by atoms with Gasteiger partial charge in [-0.1, -0.05) is 55.0 Å². The quantitative estimate of drug-likeness (QED) is 0.361. The zero-order chi connectivity index (χ0) is 25.7. The Morgan fingerprint density at radius 2 is 2.03 bits per heavy atom. The number of anilines is 1. The molecule has 3 aromatic rings. The molecule has 1 amide bonds. The van der Waals surface area contributed by atoms with Crippen molar-refractivity contribution < 1.29 is 19.7 Å². The van der Waals surface area contributed by atoms with E-state index in [2.05, 4.69) is 15.5 Å². The van der Waals surface area contributed by atoms with E-state index in [4.69, 9.17) is 33.0 Å². The van der Waals surface area contributed by atoms with Crippen molar-refractivity contribution in [2.45, 2.75) is 50.8 Å². The van der Waals surface area contributed by atoms with Crippen LogP contribution in [0.1, 0.15) is 38.1 Å². The van der Waals surface area contributed by atoms with Gasteiger partial charge in [-0.05, 0) is 24.5 Å². The maximum absolute atomic E-state index is 13.3. The molecule has 2 aromatic heterocycles. The van der Waals surface area contributed by atoms with Gasteiger partial charge in [-0.3, -0.25) is 14.3 Å². The highest BCUT2D eigenvalue weighted by Crippen LogP contribution is 2.35. The summed E-state index contributed by atoms with van der Waals surface area (Å²) in [6.07, 6.45) is 6.59. The number of carbonyl (C=O) groups is 1. The second-order valence-corrected chi connectivity index (χ2v) is 9.56.